The van der Waals surface area contributed by atoms with Gasteiger partial charge in [-0.25, -0.2) is 0 Å². The minimum atomic E-state index is -0.0596. The molecule has 0 bridgehead atoms. The molecule has 1 atom stereocenters. The zero-order valence-corrected chi connectivity index (χ0v) is 9.12. The normalized spacial score (nSPS) is 13.2. The molecule has 14 heavy (non-hydrogen) atoms. The third-order valence-electron chi connectivity index (χ3n) is 2.31. The summed E-state index contributed by atoms with van der Waals surface area (Å²) in [6, 6.07) is 5.60. The molecule has 0 radical (unpaired) electrons. The van der Waals surface area contributed by atoms with Gasteiger partial charge in [0.15, 0.2) is 0 Å². The second-order valence-corrected chi connectivity index (χ2v) is 4.30. The van der Waals surface area contributed by atoms with E-state index in [1.807, 2.05) is 19.1 Å². The molecule has 0 aliphatic heterocycles. The van der Waals surface area contributed by atoms with Gasteiger partial charge in [-0.15, -0.1) is 0 Å². The minimum Gasteiger partial charge on any atom is -0.508 e. The van der Waals surface area contributed by atoms with Crippen molar-refractivity contribution in [2.24, 2.45) is 11.7 Å². The summed E-state index contributed by atoms with van der Waals surface area (Å²) in [4.78, 5) is 0. The number of phenols is 1. The Labute approximate surface area is 85.8 Å². The highest BCUT2D eigenvalue weighted by atomic mass is 16.3. The number of hydrogen-bond acceptors (Lipinski definition) is 2. The van der Waals surface area contributed by atoms with Crippen LogP contribution in [0.25, 0.3) is 0 Å². The number of nitrogens with two attached hydrogens (primary N) is 1. The molecule has 0 aromatic heterocycles. The van der Waals surface area contributed by atoms with Crippen molar-refractivity contribution in [1.82, 2.24) is 0 Å². The second kappa shape index (κ2) is 4.47. The summed E-state index contributed by atoms with van der Waals surface area (Å²) in [5.41, 5.74) is 7.90. The van der Waals surface area contributed by atoms with Crippen molar-refractivity contribution < 1.29 is 5.11 Å². The molecule has 2 heteroatoms. The summed E-state index contributed by atoms with van der Waals surface area (Å²) in [5, 5.41) is 9.69. The van der Waals surface area contributed by atoms with Crippen molar-refractivity contribution in [3.63, 3.8) is 0 Å². The van der Waals surface area contributed by atoms with Crippen molar-refractivity contribution in [3.05, 3.63) is 29.3 Å². The summed E-state index contributed by atoms with van der Waals surface area (Å²) in [6.45, 7) is 6.22. The quantitative estimate of drug-likeness (QED) is 0.775. The first-order valence-corrected chi connectivity index (χ1v) is 5.05. The van der Waals surface area contributed by atoms with Crippen molar-refractivity contribution in [1.29, 1.82) is 0 Å². The van der Waals surface area contributed by atoms with Gasteiger partial charge in [-0.3, -0.25) is 0 Å². The lowest BCUT2D eigenvalue weighted by Gasteiger charge is -2.15. The molecule has 3 N–H and O–H groups in total. The van der Waals surface area contributed by atoms with E-state index in [1.54, 1.807) is 6.07 Å². The topological polar surface area (TPSA) is 46.2 Å². The molecule has 0 aliphatic carbocycles. The highest BCUT2D eigenvalue weighted by Gasteiger charge is 2.11. The number of rotatable bonds is 3. The second-order valence-electron chi connectivity index (χ2n) is 4.30. The molecule has 0 spiro atoms. The Hall–Kier alpha value is -1.02. The third-order valence-corrected chi connectivity index (χ3v) is 2.31. The third kappa shape index (κ3) is 2.74. The van der Waals surface area contributed by atoms with Crippen LogP contribution in [0.2, 0.25) is 0 Å². The Morgan fingerprint density at radius 1 is 1.36 bits per heavy atom. The van der Waals surface area contributed by atoms with E-state index in [2.05, 4.69) is 13.8 Å². The fourth-order valence-corrected chi connectivity index (χ4v) is 1.60. The summed E-state index contributed by atoms with van der Waals surface area (Å²) in [7, 11) is 0. The monoisotopic (exact) mass is 193 g/mol. The van der Waals surface area contributed by atoms with Gasteiger partial charge in [0, 0.05) is 11.6 Å². The average Bonchev–Trinajstić information content (AvgIpc) is 2.01. The largest absolute Gasteiger partial charge is 0.508 e. The summed E-state index contributed by atoms with van der Waals surface area (Å²) < 4.78 is 0. The standard InChI is InChI=1S/C12H19NO/c1-8(2)6-11(13)10-5-4-9(3)7-12(10)14/h4-5,7-8,11,14H,6,13H2,1-3H3/t11-/m1/s1. The van der Waals surface area contributed by atoms with Crippen LogP contribution in [0.3, 0.4) is 0 Å². The number of benzene rings is 1. The van der Waals surface area contributed by atoms with Crippen molar-refractivity contribution in [2.45, 2.75) is 33.2 Å². The van der Waals surface area contributed by atoms with Crippen molar-refractivity contribution >= 4 is 0 Å². The predicted octanol–water partition coefficient (Wildman–Crippen LogP) is 2.75. The van der Waals surface area contributed by atoms with Gasteiger partial charge in [-0.05, 0) is 30.9 Å². The molecule has 1 aromatic carbocycles. The Kier molecular flexibility index (Phi) is 3.53. The maximum absolute atomic E-state index is 9.69. The Bertz CT molecular complexity index is 307. The zero-order valence-electron chi connectivity index (χ0n) is 9.12. The maximum atomic E-state index is 9.69. The molecule has 78 valence electrons. The fraction of sp³-hybridized carbons (Fsp3) is 0.500. The predicted molar refractivity (Wildman–Crippen MR) is 59.2 cm³/mol. The lowest BCUT2D eigenvalue weighted by molar-refractivity contribution is 0.445. The van der Waals surface area contributed by atoms with E-state index >= 15 is 0 Å². The van der Waals surface area contributed by atoms with E-state index in [1.165, 1.54) is 0 Å². The van der Waals surface area contributed by atoms with Crippen molar-refractivity contribution in [2.75, 3.05) is 0 Å². The molecule has 0 unspecified atom stereocenters. The molecule has 0 heterocycles. The first kappa shape index (κ1) is 11.1. The molecule has 0 saturated carbocycles. The lowest BCUT2D eigenvalue weighted by atomic mass is 9.96. The van der Waals surface area contributed by atoms with Gasteiger partial charge in [0.1, 0.15) is 5.75 Å². The van der Waals surface area contributed by atoms with Gasteiger partial charge >= 0.3 is 0 Å². The molecule has 0 aliphatic rings. The molecular weight excluding hydrogens is 174 g/mol. The number of hydrogen-bond donors (Lipinski definition) is 2. The van der Waals surface area contributed by atoms with Crippen LogP contribution >= 0.6 is 0 Å². The Balaban J connectivity index is 2.84. The summed E-state index contributed by atoms with van der Waals surface area (Å²) in [5.74, 6) is 0.865. The van der Waals surface area contributed by atoms with Gasteiger partial charge in [-0.1, -0.05) is 26.0 Å². The van der Waals surface area contributed by atoms with Crippen LogP contribution in [0.5, 0.6) is 5.75 Å². The first-order valence-electron chi connectivity index (χ1n) is 5.05. The van der Waals surface area contributed by atoms with E-state index in [0.29, 0.717) is 11.7 Å². The zero-order chi connectivity index (χ0) is 10.7. The van der Waals surface area contributed by atoms with Gasteiger partial charge in [0.05, 0.1) is 0 Å². The average molecular weight is 193 g/mol. The van der Waals surface area contributed by atoms with E-state index < -0.39 is 0 Å². The van der Waals surface area contributed by atoms with Gasteiger partial charge in [0.25, 0.3) is 0 Å². The molecule has 0 amide bonds. The lowest BCUT2D eigenvalue weighted by Crippen LogP contribution is -2.13. The molecule has 1 aromatic rings. The number of aromatic hydroxyl groups is 1. The summed E-state index contributed by atoms with van der Waals surface area (Å²) >= 11 is 0. The molecule has 1 rings (SSSR count). The van der Waals surface area contributed by atoms with E-state index in [4.69, 9.17) is 5.73 Å². The van der Waals surface area contributed by atoms with Crippen molar-refractivity contribution in [3.8, 4) is 5.75 Å². The highest BCUT2D eigenvalue weighted by Crippen LogP contribution is 2.27. The molecule has 2 nitrogen and oxygen atoms in total. The maximum Gasteiger partial charge on any atom is 0.120 e. The van der Waals surface area contributed by atoms with Crippen LogP contribution in [0.4, 0.5) is 0 Å². The van der Waals surface area contributed by atoms with Crippen LogP contribution in [-0.4, -0.2) is 5.11 Å². The number of phenolic OH excluding ortho intramolecular Hbond substituents is 1. The Morgan fingerprint density at radius 2 is 2.00 bits per heavy atom. The first-order chi connectivity index (χ1) is 6.50. The SMILES string of the molecule is Cc1ccc([C@H](N)CC(C)C)c(O)c1. The molecule has 0 saturated heterocycles. The molecule has 0 fully saturated rings. The van der Waals surface area contributed by atoms with Gasteiger partial charge in [-0.2, -0.15) is 0 Å². The summed E-state index contributed by atoms with van der Waals surface area (Å²) in [6.07, 6.45) is 0.899. The van der Waals surface area contributed by atoms with Crippen LogP contribution in [0, 0.1) is 12.8 Å². The van der Waals surface area contributed by atoms with Crippen LogP contribution in [0.1, 0.15) is 37.4 Å². The minimum absolute atomic E-state index is 0.0596. The van der Waals surface area contributed by atoms with E-state index in [0.717, 1.165) is 17.5 Å². The molecular formula is C12H19NO. The van der Waals surface area contributed by atoms with Crippen LogP contribution in [-0.2, 0) is 0 Å². The Morgan fingerprint density at radius 3 is 2.50 bits per heavy atom. The van der Waals surface area contributed by atoms with Crippen LogP contribution in [0.15, 0.2) is 18.2 Å². The van der Waals surface area contributed by atoms with E-state index in [9.17, 15) is 5.11 Å². The van der Waals surface area contributed by atoms with E-state index in [-0.39, 0.29) is 6.04 Å². The van der Waals surface area contributed by atoms with Crippen LogP contribution < -0.4 is 5.73 Å². The van der Waals surface area contributed by atoms with Gasteiger partial charge in [0.2, 0.25) is 0 Å². The number of aryl methyl sites for hydroxylation is 1. The van der Waals surface area contributed by atoms with Gasteiger partial charge < -0.3 is 10.8 Å². The smallest absolute Gasteiger partial charge is 0.120 e. The highest BCUT2D eigenvalue weighted by molar-refractivity contribution is 5.37. The fourth-order valence-electron chi connectivity index (χ4n) is 1.60.